The Morgan fingerprint density at radius 2 is 1.41 bits per heavy atom. The van der Waals surface area contributed by atoms with Gasteiger partial charge in [0.1, 0.15) is 18.1 Å². The molecular weight excluding hydrogens is 526 g/mol. The summed E-state index contributed by atoms with van der Waals surface area (Å²) in [7, 11) is 0. The molecule has 0 aliphatic heterocycles. The number of unbranched alkanes of at least 4 members (excludes halogenated alkanes) is 2. The molecule has 2 aromatic rings. The number of fused-ring (bicyclic) bond motifs is 1. The molecule has 12 heteroatoms. The van der Waals surface area contributed by atoms with Crippen LogP contribution in [0.1, 0.15) is 64.4 Å². The quantitative estimate of drug-likeness (QED) is 0.112. The zero-order valence-electron chi connectivity index (χ0n) is 24.2. The number of amides is 3. The average Bonchev–Trinajstić information content (AvgIpc) is 3.34. The van der Waals surface area contributed by atoms with Crippen molar-refractivity contribution < 1.29 is 24.3 Å². The van der Waals surface area contributed by atoms with Gasteiger partial charge in [0.05, 0.1) is 6.04 Å². The lowest BCUT2D eigenvalue weighted by Crippen LogP contribution is -2.57. The average molecular weight is 574 g/mol. The highest BCUT2D eigenvalue weighted by atomic mass is 16.4. The largest absolute Gasteiger partial charge is 0.480 e. The van der Waals surface area contributed by atoms with Crippen LogP contribution in [0.4, 0.5) is 0 Å². The van der Waals surface area contributed by atoms with Crippen LogP contribution in [0, 0.1) is 5.92 Å². The number of aromatic nitrogens is 1. The van der Waals surface area contributed by atoms with Gasteiger partial charge in [-0.2, -0.15) is 0 Å². The van der Waals surface area contributed by atoms with Crippen molar-refractivity contribution in [3.63, 3.8) is 0 Å². The number of rotatable bonds is 19. The minimum absolute atomic E-state index is 0.0338. The van der Waals surface area contributed by atoms with E-state index in [1.165, 1.54) is 0 Å². The molecular formula is C29H47N7O5. The van der Waals surface area contributed by atoms with Crippen LogP contribution >= 0.6 is 0 Å². The minimum Gasteiger partial charge on any atom is -0.480 e. The number of aliphatic carboxylic acids is 1. The molecule has 2 rings (SSSR count). The molecule has 1 heterocycles. The molecule has 41 heavy (non-hydrogen) atoms. The number of carboxylic acids is 1. The van der Waals surface area contributed by atoms with Crippen LogP contribution in [-0.2, 0) is 25.6 Å². The first-order chi connectivity index (χ1) is 19.6. The number of carboxylic acid groups (broad SMARTS) is 1. The summed E-state index contributed by atoms with van der Waals surface area (Å²) in [4.78, 5) is 54.8. The number of aromatic amines is 1. The molecule has 228 valence electrons. The van der Waals surface area contributed by atoms with Gasteiger partial charge in [-0.05, 0) is 69.2 Å². The second-order valence-electron chi connectivity index (χ2n) is 10.9. The van der Waals surface area contributed by atoms with E-state index < -0.39 is 47.9 Å². The second kappa shape index (κ2) is 17.4. The molecule has 1 aromatic heterocycles. The van der Waals surface area contributed by atoms with Crippen molar-refractivity contribution in [2.75, 3.05) is 13.1 Å². The van der Waals surface area contributed by atoms with E-state index in [-0.39, 0.29) is 25.2 Å². The van der Waals surface area contributed by atoms with Gasteiger partial charge >= 0.3 is 5.97 Å². The van der Waals surface area contributed by atoms with Gasteiger partial charge < -0.3 is 43.2 Å². The Balaban J connectivity index is 2.27. The molecule has 0 bridgehead atoms. The van der Waals surface area contributed by atoms with E-state index in [9.17, 15) is 24.3 Å². The van der Waals surface area contributed by atoms with Gasteiger partial charge in [0.25, 0.3) is 0 Å². The summed E-state index contributed by atoms with van der Waals surface area (Å²) in [6.07, 6.45) is 5.43. The maximum atomic E-state index is 13.7. The summed E-state index contributed by atoms with van der Waals surface area (Å²) >= 11 is 0. The molecule has 1 aromatic carbocycles. The van der Waals surface area contributed by atoms with Crippen molar-refractivity contribution in [2.45, 2.75) is 89.4 Å². The van der Waals surface area contributed by atoms with E-state index in [1.54, 1.807) is 6.20 Å². The predicted octanol–water partition coefficient (Wildman–Crippen LogP) is 0.881. The van der Waals surface area contributed by atoms with Crippen molar-refractivity contribution in [3.05, 3.63) is 36.0 Å². The van der Waals surface area contributed by atoms with Crippen LogP contribution in [-0.4, -0.2) is 71.0 Å². The van der Waals surface area contributed by atoms with E-state index in [2.05, 4.69) is 20.9 Å². The Morgan fingerprint density at radius 1 is 0.829 bits per heavy atom. The summed E-state index contributed by atoms with van der Waals surface area (Å²) in [5.41, 5.74) is 19.0. The monoisotopic (exact) mass is 573 g/mol. The lowest BCUT2D eigenvalue weighted by atomic mass is 10.0. The maximum Gasteiger partial charge on any atom is 0.326 e. The lowest BCUT2D eigenvalue weighted by molar-refractivity contribution is -0.142. The molecule has 0 aliphatic rings. The molecule has 4 unspecified atom stereocenters. The number of hydrogen-bond donors (Lipinski definition) is 8. The van der Waals surface area contributed by atoms with Crippen molar-refractivity contribution in [1.29, 1.82) is 0 Å². The zero-order valence-corrected chi connectivity index (χ0v) is 24.2. The fourth-order valence-electron chi connectivity index (χ4n) is 4.65. The highest BCUT2D eigenvalue weighted by Crippen LogP contribution is 2.19. The number of nitrogens with one attached hydrogen (secondary N) is 4. The third-order valence-electron chi connectivity index (χ3n) is 6.94. The molecule has 0 aliphatic carbocycles. The number of nitrogens with two attached hydrogens (primary N) is 3. The van der Waals surface area contributed by atoms with Gasteiger partial charge in [-0.1, -0.05) is 38.5 Å². The summed E-state index contributed by atoms with van der Waals surface area (Å²) < 4.78 is 0. The lowest BCUT2D eigenvalue weighted by Gasteiger charge is -2.25. The van der Waals surface area contributed by atoms with Crippen LogP contribution in [0.2, 0.25) is 0 Å². The Morgan fingerprint density at radius 3 is 2.05 bits per heavy atom. The molecule has 0 saturated carbocycles. The Hall–Kier alpha value is -3.48. The van der Waals surface area contributed by atoms with E-state index in [1.807, 2.05) is 38.1 Å². The highest BCUT2D eigenvalue weighted by Gasteiger charge is 2.31. The Kier molecular flexibility index (Phi) is 14.3. The van der Waals surface area contributed by atoms with Crippen LogP contribution in [0.25, 0.3) is 10.9 Å². The SMILES string of the molecule is CC(C)CC(NC(=O)C(CCCCN)NC(=O)C(Cc1c[nH]c2ccccc12)NC(=O)C(N)CCCCN)C(=O)O. The number of H-pyrrole nitrogens is 1. The van der Waals surface area contributed by atoms with Gasteiger partial charge in [-0.3, -0.25) is 14.4 Å². The summed E-state index contributed by atoms with van der Waals surface area (Å²) in [5, 5.41) is 18.6. The molecule has 0 saturated heterocycles. The zero-order chi connectivity index (χ0) is 30.4. The topological polar surface area (TPSA) is 218 Å². The summed E-state index contributed by atoms with van der Waals surface area (Å²) in [6.45, 7) is 4.63. The standard InChI is InChI=1S/C29H47N7O5/c1-18(2)15-25(29(40)41)36-27(38)23(12-6-8-14-31)34-28(39)24(35-26(37)21(32)10-5-7-13-30)16-19-17-33-22-11-4-3-9-20(19)22/h3-4,9,11,17-18,21,23-25,33H,5-8,10,12-16,30-32H2,1-2H3,(H,34,39)(H,35,37)(H,36,38)(H,40,41). The van der Waals surface area contributed by atoms with Crippen LogP contribution < -0.4 is 33.2 Å². The predicted molar refractivity (Wildman–Crippen MR) is 159 cm³/mol. The molecule has 0 fully saturated rings. The smallest absolute Gasteiger partial charge is 0.326 e. The second-order valence-corrected chi connectivity index (χ2v) is 10.9. The normalized spacial score (nSPS) is 14.3. The van der Waals surface area contributed by atoms with Crippen molar-refractivity contribution in [2.24, 2.45) is 23.1 Å². The van der Waals surface area contributed by atoms with Crippen LogP contribution in [0.15, 0.2) is 30.5 Å². The van der Waals surface area contributed by atoms with Crippen LogP contribution in [0.5, 0.6) is 0 Å². The first kappa shape index (κ1) is 33.7. The third kappa shape index (κ3) is 11.1. The van der Waals surface area contributed by atoms with E-state index in [4.69, 9.17) is 17.2 Å². The van der Waals surface area contributed by atoms with Gasteiger partial charge in [0.2, 0.25) is 17.7 Å². The van der Waals surface area contributed by atoms with Crippen LogP contribution in [0.3, 0.4) is 0 Å². The van der Waals surface area contributed by atoms with Gasteiger partial charge in [0, 0.05) is 23.5 Å². The van der Waals surface area contributed by atoms with E-state index in [0.29, 0.717) is 38.8 Å². The Bertz CT molecular complexity index is 1140. The van der Waals surface area contributed by atoms with E-state index in [0.717, 1.165) is 22.9 Å². The first-order valence-electron chi connectivity index (χ1n) is 14.4. The number of carbonyl (C=O) groups excluding carboxylic acids is 3. The molecule has 11 N–H and O–H groups in total. The fourth-order valence-corrected chi connectivity index (χ4v) is 4.65. The Labute approximate surface area is 241 Å². The number of hydrogen-bond acceptors (Lipinski definition) is 7. The summed E-state index contributed by atoms with van der Waals surface area (Å²) in [6, 6.07) is 3.65. The van der Waals surface area contributed by atoms with Gasteiger partial charge in [0.15, 0.2) is 0 Å². The van der Waals surface area contributed by atoms with Crippen molar-refractivity contribution >= 4 is 34.6 Å². The van der Waals surface area contributed by atoms with Gasteiger partial charge in [-0.15, -0.1) is 0 Å². The minimum atomic E-state index is -1.15. The number of para-hydroxylation sites is 1. The fraction of sp³-hybridized carbons (Fsp3) is 0.586. The number of carbonyl (C=O) groups is 4. The third-order valence-corrected chi connectivity index (χ3v) is 6.94. The maximum absolute atomic E-state index is 13.7. The molecule has 0 radical (unpaired) electrons. The molecule has 12 nitrogen and oxygen atoms in total. The molecule has 4 atom stereocenters. The van der Waals surface area contributed by atoms with Crippen molar-refractivity contribution in [3.8, 4) is 0 Å². The van der Waals surface area contributed by atoms with Gasteiger partial charge in [-0.25, -0.2) is 4.79 Å². The molecule has 0 spiro atoms. The number of benzene rings is 1. The van der Waals surface area contributed by atoms with E-state index >= 15 is 0 Å². The summed E-state index contributed by atoms with van der Waals surface area (Å²) in [5.74, 6) is -2.76. The first-order valence-corrected chi connectivity index (χ1v) is 14.4. The van der Waals surface area contributed by atoms with Crippen molar-refractivity contribution in [1.82, 2.24) is 20.9 Å². The highest BCUT2D eigenvalue weighted by molar-refractivity contribution is 5.94. The molecule has 3 amide bonds.